The molecule has 2 N–H and O–H groups in total. The average Bonchev–Trinajstić information content (AvgIpc) is 2.27. The van der Waals surface area contributed by atoms with E-state index in [9.17, 15) is 0 Å². The van der Waals surface area contributed by atoms with E-state index < -0.39 is 0 Å². The second-order valence-corrected chi connectivity index (χ2v) is 3.75. The van der Waals surface area contributed by atoms with Gasteiger partial charge in [-0.3, -0.25) is 10.7 Å². The fourth-order valence-electron chi connectivity index (χ4n) is 1.63. The Morgan fingerprint density at radius 3 is 2.40 bits per heavy atom. The van der Waals surface area contributed by atoms with Gasteiger partial charge in [0, 0.05) is 10.8 Å². The van der Waals surface area contributed by atoms with E-state index in [-0.39, 0.29) is 0 Å². The van der Waals surface area contributed by atoms with Crippen LogP contribution < -0.4 is 5.48 Å². The number of aromatic nitrogens is 2. The summed E-state index contributed by atoms with van der Waals surface area (Å²) in [4.78, 5) is 0. The van der Waals surface area contributed by atoms with Gasteiger partial charge in [0.15, 0.2) is 5.82 Å². The van der Waals surface area contributed by atoms with Crippen LogP contribution in [0.5, 0.6) is 0 Å². The van der Waals surface area contributed by atoms with Crippen molar-refractivity contribution in [3.05, 3.63) is 30.0 Å². The summed E-state index contributed by atoms with van der Waals surface area (Å²) in [5, 5.41) is 18.9. The van der Waals surface area contributed by atoms with Gasteiger partial charge in [-0.25, -0.2) is 0 Å². The molecule has 1 heterocycles. The minimum atomic E-state index is 0.315. The summed E-state index contributed by atoms with van der Waals surface area (Å²) in [6.07, 6.45) is 0. The van der Waals surface area contributed by atoms with Crippen LogP contribution in [0.3, 0.4) is 0 Å². The molecule has 15 heavy (non-hydrogen) atoms. The Morgan fingerprint density at radius 1 is 1.13 bits per heavy atom. The molecule has 0 fully saturated rings. The van der Waals surface area contributed by atoms with Gasteiger partial charge in [0.25, 0.3) is 0 Å². The maximum absolute atomic E-state index is 8.91. The van der Waals surface area contributed by atoms with E-state index in [0.717, 1.165) is 16.5 Å². The van der Waals surface area contributed by atoms with Crippen LogP contribution in [-0.2, 0) is 0 Å². The van der Waals surface area contributed by atoms with Crippen molar-refractivity contribution in [3.63, 3.8) is 0 Å². The predicted molar refractivity (Wildman–Crippen MR) is 59.0 cm³/mol. The van der Waals surface area contributed by atoms with Crippen LogP contribution >= 0.6 is 0 Å². The summed E-state index contributed by atoms with van der Waals surface area (Å²) >= 11 is 0. The quantitative estimate of drug-likeness (QED) is 0.736. The number of hydrogen-bond acceptors (Lipinski definition) is 4. The molecule has 0 amide bonds. The number of nitrogens with zero attached hydrogens (tertiary/aromatic N) is 2. The lowest BCUT2D eigenvalue weighted by molar-refractivity contribution is 0.386. The lowest BCUT2D eigenvalue weighted by Crippen LogP contribution is -2.02. The van der Waals surface area contributed by atoms with Crippen LogP contribution in [0.15, 0.2) is 24.3 Å². The average molecular weight is 203 g/mol. The Kier molecular flexibility index (Phi) is 2.51. The zero-order chi connectivity index (χ0) is 10.8. The lowest BCUT2D eigenvalue weighted by atomic mass is 10.0. The number of hydrogen-bond donors (Lipinski definition) is 2. The van der Waals surface area contributed by atoms with Crippen LogP contribution in [0.4, 0.5) is 5.82 Å². The number of nitrogens with one attached hydrogen (secondary N) is 1. The van der Waals surface area contributed by atoms with Gasteiger partial charge in [-0.1, -0.05) is 38.1 Å². The topological polar surface area (TPSA) is 58.0 Å². The first-order valence-electron chi connectivity index (χ1n) is 4.89. The molecule has 4 nitrogen and oxygen atoms in total. The molecule has 2 rings (SSSR count). The van der Waals surface area contributed by atoms with Crippen LogP contribution in [-0.4, -0.2) is 15.4 Å². The monoisotopic (exact) mass is 203 g/mol. The Hall–Kier alpha value is -1.68. The van der Waals surface area contributed by atoms with E-state index >= 15 is 0 Å². The summed E-state index contributed by atoms with van der Waals surface area (Å²) in [5.74, 6) is 0.713. The van der Waals surface area contributed by atoms with Crippen molar-refractivity contribution in [1.29, 1.82) is 0 Å². The van der Waals surface area contributed by atoms with E-state index in [1.165, 1.54) is 0 Å². The highest BCUT2D eigenvalue weighted by molar-refractivity contribution is 5.92. The van der Waals surface area contributed by atoms with Crippen molar-refractivity contribution in [3.8, 4) is 0 Å². The molecular weight excluding hydrogens is 190 g/mol. The van der Waals surface area contributed by atoms with Crippen molar-refractivity contribution in [1.82, 2.24) is 10.2 Å². The van der Waals surface area contributed by atoms with Crippen molar-refractivity contribution >= 4 is 16.6 Å². The van der Waals surface area contributed by atoms with E-state index in [2.05, 4.69) is 29.5 Å². The summed E-state index contributed by atoms with van der Waals surface area (Å²) in [6, 6.07) is 7.76. The van der Waals surface area contributed by atoms with Gasteiger partial charge in [0.05, 0.1) is 5.69 Å². The molecule has 0 aliphatic heterocycles. The molecule has 0 saturated carbocycles. The van der Waals surface area contributed by atoms with Gasteiger partial charge in [0.2, 0.25) is 0 Å². The molecule has 0 spiro atoms. The van der Waals surface area contributed by atoms with Crippen LogP contribution in [0, 0.1) is 0 Å². The molecule has 78 valence electrons. The minimum Gasteiger partial charge on any atom is -0.290 e. The van der Waals surface area contributed by atoms with Gasteiger partial charge in [-0.05, 0) is 5.92 Å². The normalized spacial score (nSPS) is 10.9. The third kappa shape index (κ3) is 1.64. The smallest absolute Gasteiger partial charge is 0.180 e. The first kappa shape index (κ1) is 9.86. The van der Waals surface area contributed by atoms with Crippen molar-refractivity contribution in [2.75, 3.05) is 5.48 Å². The van der Waals surface area contributed by atoms with E-state index in [1.54, 1.807) is 0 Å². The molecular formula is C11H13N3O. The zero-order valence-corrected chi connectivity index (χ0v) is 8.73. The third-order valence-electron chi connectivity index (χ3n) is 2.37. The fourth-order valence-corrected chi connectivity index (χ4v) is 1.63. The maximum atomic E-state index is 8.91. The summed E-state index contributed by atoms with van der Waals surface area (Å²) in [7, 11) is 0. The molecule has 0 radical (unpaired) electrons. The molecule has 2 aromatic rings. The highest BCUT2D eigenvalue weighted by Crippen LogP contribution is 2.26. The lowest BCUT2D eigenvalue weighted by Gasteiger charge is -2.09. The zero-order valence-electron chi connectivity index (χ0n) is 8.73. The number of rotatable bonds is 2. The Labute approximate surface area is 87.9 Å². The first-order valence-corrected chi connectivity index (χ1v) is 4.89. The molecule has 1 aromatic carbocycles. The molecule has 0 atom stereocenters. The molecule has 0 saturated heterocycles. The van der Waals surface area contributed by atoms with Gasteiger partial charge < -0.3 is 0 Å². The second kappa shape index (κ2) is 3.82. The van der Waals surface area contributed by atoms with Gasteiger partial charge in [0.1, 0.15) is 0 Å². The Balaban J connectivity index is 2.77. The predicted octanol–water partition coefficient (Wildman–Crippen LogP) is 2.55. The van der Waals surface area contributed by atoms with Crippen LogP contribution in [0.2, 0.25) is 0 Å². The van der Waals surface area contributed by atoms with E-state index in [0.29, 0.717) is 11.7 Å². The maximum Gasteiger partial charge on any atom is 0.180 e. The van der Waals surface area contributed by atoms with Crippen molar-refractivity contribution < 1.29 is 5.21 Å². The second-order valence-electron chi connectivity index (χ2n) is 3.75. The van der Waals surface area contributed by atoms with E-state index in [4.69, 9.17) is 5.21 Å². The van der Waals surface area contributed by atoms with Crippen LogP contribution in [0.1, 0.15) is 25.5 Å². The third-order valence-corrected chi connectivity index (χ3v) is 2.37. The molecule has 0 unspecified atom stereocenters. The number of benzene rings is 1. The highest BCUT2D eigenvalue weighted by atomic mass is 16.5. The minimum absolute atomic E-state index is 0.315. The van der Waals surface area contributed by atoms with E-state index in [1.807, 2.05) is 24.3 Å². The van der Waals surface area contributed by atoms with Gasteiger partial charge >= 0.3 is 0 Å². The van der Waals surface area contributed by atoms with Crippen molar-refractivity contribution in [2.24, 2.45) is 0 Å². The SMILES string of the molecule is CC(C)c1nnc(NO)c2ccccc12. The largest absolute Gasteiger partial charge is 0.290 e. The first-order chi connectivity index (χ1) is 7.24. The summed E-state index contributed by atoms with van der Waals surface area (Å²) in [5.41, 5.74) is 3.01. The highest BCUT2D eigenvalue weighted by Gasteiger charge is 2.10. The van der Waals surface area contributed by atoms with Gasteiger partial charge in [-0.15, -0.1) is 5.10 Å². The standard InChI is InChI=1S/C11H13N3O/c1-7(2)10-8-5-3-4-6-9(8)11(14-15)13-12-10/h3-7,15H,1-2H3,(H,13,14). The molecule has 1 aromatic heterocycles. The summed E-state index contributed by atoms with van der Waals surface area (Å²) < 4.78 is 0. The molecule has 4 heteroatoms. The summed E-state index contributed by atoms with van der Waals surface area (Å²) in [6.45, 7) is 4.14. The van der Waals surface area contributed by atoms with Crippen LogP contribution in [0.25, 0.3) is 10.8 Å². The Morgan fingerprint density at radius 2 is 1.80 bits per heavy atom. The Bertz CT molecular complexity index is 482. The molecule has 0 bridgehead atoms. The fraction of sp³-hybridized carbons (Fsp3) is 0.273. The van der Waals surface area contributed by atoms with Crippen molar-refractivity contribution in [2.45, 2.75) is 19.8 Å². The molecule has 0 aliphatic carbocycles. The number of anilines is 1. The number of fused-ring (bicyclic) bond motifs is 1. The molecule has 0 aliphatic rings. The van der Waals surface area contributed by atoms with Gasteiger partial charge in [-0.2, -0.15) is 5.10 Å².